The van der Waals surface area contributed by atoms with Gasteiger partial charge in [-0.25, -0.2) is 22.0 Å². The monoisotopic (exact) mass is 542 g/mol. The molecule has 2 N–H and O–H groups in total. The molecule has 36 heavy (non-hydrogen) atoms. The molecule has 0 radical (unpaired) electrons. The SMILES string of the molecule is C=CCn1c(=NC(=O)c2ccc(S(=O)(=O)N(C)c3ccccc3)cc2)sc2cc(S(N)(=O)=O)ccc21. The van der Waals surface area contributed by atoms with Gasteiger partial charge in [0.2, 0.25) is 10.0 Å². The van der Waals surface area contributed by atoms with Crippen LogP contribution in [-0.4, -0.2) is 34.4 Å². The number of para-hydroxylation sites is 1. The number of carbonyl (C=O) groups excluding carboxylic acids is 1. The van der Waals surface area contributed by atoms with Crippen molar-refractivity contribution < 1.29 is 21.6 Å². The van der Waals surface area contributed by atoms with Crippen LogP contribution in [0.25, 0.3) is 10.2 Å². The summed E-state index contributed by atoms with van der Waals surface area (Å²) < 4.78 is 52.9. The number of sulfonamides is 2. The number of amides is 1. The van der Waals surface area contributed by atoms with Crippen LogP contribution in [0.3, 0.4) is 0 Å². The molecule has 0 aliphatic heterocycles. The summed E-state index contributed by atoms with van der Waals surface area (Å²) in [5, 5.41) is 5.23. The summed E-state index contributed by atoms with van der Waals surface area (Å²) in [7, 11) is -6.25. The van der Waals surface area contributed by atoms with Crippen molar-refractivity contribution in [3.8, 4) is 0 Å². The maximum atomic E-state index is 13.0. The summed E-state index contributed by atoms with van der Waals surface area (Å²) in [6.07, 6.45) is 1.63. The Labute approximate surface area is 212 Å². The molecule has 0 saturated heterocycles. The fourth-order valence-corrected chi connectivity index (χ4v) is 6.36. The van der Waals surface area contributed by atoms with Gasteiger partial charge >= 0.3 is 0 Å². The number of hydrogen-bond acceptors (Lipinski definition) is 6. The van der Waals surface area contributed by atoms with Crippen molar-refractivity contribution >= 4 is 53.2 Å². The second kappa shape index (κ2) is 9.82. The van der Waals surface area contributed by atoms with Crippen molar-refractivity contribution in [3.63, 3.8) is 0 Å². The minimum absolute atomic E-state index is 0.0320. The van der Waals surface area contributed by atoms with E-state index in [1.165, 1.54) is 47.8 Å². The van der Waals surface area contributed by atoms with Crippen LogP contribution in [0.1, 0.15) is 10.4 Å². The molecule has 0 atom stereocenters. The Balaban J connectivity index is 1.69. The number of nitrogens with zero attached hydrogens (tertiary/aromatic N) is 3. The summed E-state index contributed by atoms with van der Waals surface area (Å²) in [5.74, 6) is -0.577. The Bertz CT molecular complexity index is 1740. The molecule has 4 rings (SSSR count). The average molecular weight is 543 g/mol. The Morgan fingerprint density at radius 1 is 1.03 bits per heavy atom. The molecule has 9 nitrogen and oxygen atoms in total. The quantitative estimate of drug-likeness (QED) is 0.359. The highest BCUT2D eigenvalue weighted by Crippen LogP contribution is 2.23. The molecular formula is C24H22N4O5S3. The molecule has 0 bridgehead atoms. The first kappa shape index (κ1) is 25.5. The van der Waals surface area contributed by atoms with E-state index in [9.17, 15) is 21.6 Å². The molecule has 186 valence electrons. The first-order valence-electron chi connectivity index (χ1n) is 10.5. The Hall–Kier alpha value is -3.58. The highest BCUT2D eigenvalue weighted by Gasteiger charge is 2.21. The normalized spacial score (nSPS) is 12.6. The number of anilines is 1. The molecule has 1 heterocycles. The molecule has 0 saturated carbocycles. The average Bonchev–Trinajstić information content (AvgIpc) is 3.20. The molecule has 0 aliphatic carbocycles. The van der Waals surface area contributed by atoms with E-state index in [-0.39, 0.29) is 15.4 Å². The van der Waals surface area contributed by atoms with Crippen molar-refractivity contribution in [2.75, 3.05) is 11.4 Å². The number of benzene rings is 3. The maximum absolute atomic E-state index is 13.0. The molecule has 4 aromatic rings. The number of carbonyl (C=O) groups is 1. The zero-order chi connectivity index (χ0) is 26.1. The molecule has 0 spiro atoms. The summed E-state index contributed by atoms with van der Waals surface area (Å²) in [6, 6.07) is 18.6. The molecule has 1 amide bonds. The second-order valence-corrected chi connectivity index (χ2v) is 12.2. The van der Waals surface area contributed by atoms with Crippen molar-refractivity contribution in [1.82, 2.24) is 4.57 Å². The van der Waals surface area contributed by atoms with E-state index < -0.39 is 26.0 Å². The standard InChI is InChI=1S/C24H22N4O5S3/c1-3-15-28-21-14-13-20(35(25,30)31)16-22(21)34-24(28)26-23(29)17-9-11-19(12-10-17)36(32,33)27(2)18-7-5-4-6-8-18/h3-14,16H,1,15H2,2H3,(H2,25,30,31). The first-order valence-corrected chi connectivity index (χ1v) is 14.3. The molecule has 1 aromatic heterocycles. The number of aromatic nitrogens is 1. The van der Waals surface area contributed by atoms with Crippen LogP contribution >= 0.6 is 11.3 Å². The van der Waals surface area contributed by atoms with E-state index in [1.807, 2.05) is 0 Å². The number of allylic oxidation sites excluding steroid dienone is 1. The second-order valence-electron chi connectivity index (χ2n) is 7.71. The lowest BCUT2D eigenvalue weighted by atomic mass is 10.2. The zero-order valence-corrected chi connectivity index (χ0v) is 21.6. The lowest BCUT2D eigenvalue weighted by Crippen LogP contribution is -2.26. The maximum Gasteiger partial charge on any atom is 0.279 e. The summed E-state index contributed by atoms with van der Waals surface area (Å²) in [5.41, 5.74) is 1.38. The molecular weight excluding hydrogens is 520 g/mol. The van der Waals surface area contributed by atoms with E-state index >= 15 is 0 Å². The fraction of sp³-hybridized carbons (Fsp3) is 0.0833. The number of primary sulfonamides is 1. The predicted octanol–water partition coefficient (Wildman–Crippen LogP) is 3.10. The van der Waals surface area contributed by atoms with Crippen LogP contribution in [0.15, 0.2) is 100 Å². The van der Waals surface area contributed by atoms with Gasteiger partial charge in [0.05, 0.1) is 25.7 Å². The van der Waals surface area contributed by atoms with E-state index in [2.05, 4.69) is 11.6 Å². The number of nitrogens with two attached hydrogens (primary N) is 1. The predicted molar refractivity (Wildman–Crippen MR) is 140 cm³/mol. The van der Waals surface area contributed by atoms with Gasteiger partial charge in [-0.15, -0.1) is 6.58 Å². The van der Waals surface area contributed by atoms with Crippen LogP contribution in [0.4, 0.5) is 5.69 Å². The Morgan fingerprint density at radius 3 is 2.28 bits per heavy atom. The van der Waals surface area contributed by atoms with Crippen LogP contribution in [0, 0.1) is 0 Å². The third kappa shape index (κ3) is 5.02. The fourth-order valence-electron chi connectivity index (χ4n) is 3.48. The van der Waals surface area contributed by atoms with Crippen molar-refractivity contribution in [3.05, 3.63) is 95.8 Å². The van der Waals surface area contributed by atoms with Crippen LogP contribution < -0.4 is 14.2 Å². The Kier molecular flexibility index (Phi) is 6.96. The molecule has 0 fully saturated rings. The van der Waals surface area contributed by atoms with Gasteiger partial charge in [-0.2, -0.15) is 4.99 Å². The van der Waals surface area contributed by atoms with Gasteiger partial charge in [0, 0.05) is 19.2 Å². The molecule has 12 heteroatoms. The number of thiazole rings is 1. The van der Waals surface area contributed by atoms with Gasteiger partial charge in [0.15, 0.2) is 4.80 Å². The van der Waals surface area contributed by atoms with Crippen LogP contribution in [0.2, 0.25) is 0 Å². The summed E-state index contributed by atoms with van der Waals surface area (Å²) in [6.45, 7) is 4.06. The van der Waals surface area contributed by atoms with E-state index in [0.717, 1.165) is 11.3 Å². The smallest absolute Gasteiger partial charge is 0.279 e. The van der Waals surface area contributed by atoms with E-state index in [1.54, 1.807) is 47.0 Å². The van der Waals surface area contributed by atoms with Gasteiger partial charge in [-0.1, -0.05) is 35.6 Å². The van der Waals surface area contributed by atoms with Gasteiger partial charge in [0.25, 0.3) is 15.9 Å². The highest BCUT2D eigenvalue weighted by molar-refractivity contribution is 7.92. The third-order valence-electron chi connectivity index (χ3n) is 5.37. The van der Waals surface area contributed by atoms with E-state index in [4.69, 9.17) is 5.14 Å². The van der Waals surface area contributed by atoms with Crippen LogP contribution in [-0.2, 0) is 26.6 Å². The number of fused-ring (bicyclic) bond motifs is 1. The minimum atomic E-state index is -3.89. The number of rotatable bonds is 7. The first-order chi connectivity index (χ1) is 17.0. The minimum Gasteiger partial charge on any atom is -0.312 e. The third-order valence-corrected chi connectivity index (χ3v) is 9.12. The van der Waals surface area contributed by atoms with Crippen LogP contribution in [0.5, 0.6) is 0 Å². The topological polar surface area (TPSA) is 132 Å². The van der Waals surface area contributed by atoms with Gasteiger partial charge in [0.1, 0.15) is 0 Å². The van der Waals surface area contributed by atoms with Crippen molar-refractivity contribution in [2.24, 2.45) is 10.1 Å². The van der Waals surface area contributed by atoms with E-state index in [0.29, 0.717) is 27.3 Å². The van der Waals surface area contributed by atoms with Gasteiger partial charge < -0.3 is 4.57 Å². The lowest BCUT2D eigenvalue weighted by Gasteiger charge is -2.19. The van der Waals surface area contributed by atoms with Crippen molar-refractivity contribution in [2.45, 2.75) is 16.3 Å². The summed E-state index contributed by atoms with van der Waals surface area (Å²) in [4.78, 5) is 17.4. The summed E-state index contributed by atoms with van der Waals surface area (Å²) >= 11 is 1.13. The largest absolute Gasteiger partial charge is 0.312 e. The zero-order valence-electron chi connectivity index (χ0n) is 19.1. The molecule has 0 aliphatic rings. The van der Waals surface area contributed by atoms with Crippen molar-refractivity contribution in [1.29, 1.82) is 0 Å². The molecule has 3 aromatic carbocycles. The highest BCUT2D eigenvalue weighted by atomic mass is 32.2. The lowest BCUT2D eigenvalue weighted by molar-refractivity contribution is 0.0997. The van der Waals surface area contributed by atoms with Gasteiger partial charge in [-0.05, 0) is 54.6 Å². The Morgan fingerprint density at radius 2 is 1.67 bits per heavy atom. The molecule has 0 unspecified atom stereocenters. The van der Waals surface area contributed by atoms with Gasteiger partial charge in [-0.3, -0.25) is 9.10 Å². The number of hydrogen-bond donors (Lipinski definition) is 1.